The van der Waals surface area contributed by atoms with E-state index in [0.717, 1.165) is 38.2 Å². The average Bonchev–Trinajstić information content (AvgIpc) is 2.81. The molecule has 7 heteroatoms. The van der Waals surface area contributed by atoms with Crippen molar-refractivity contribution in [1.82, 2.24) is 19.6 Å². The predicted molar refractivity (Wildman–Crippen MR) is 78.1 cm³/mol. The van der Waals surface area contributed by atoms with Crippen molar-refractivity contribution in [1.29, 1.82) is 0 Å². The van der Waals surface area contributed by atoms with Gasteiger partial charge in [0.05, 0.1) is 0 Å². The zero-order valence-electron chi connectivity index (χ0n) is 12.2. The summed E-state index contributed by atoms with van der Waals surface area (Å²) in [6, 6.07) is 0.234. The molecule has 2 rings (SSSR count). The standard InChI is InChI=1S/C13H24N4O2S/c1-3-8-17-10-13(16-11(17)2)20(18,19)15-9-12-6-4-5-7-14-12/h10,12,14-15H,3-9H2,1-2H3. The lowest BCUT2D eigenvalue weighted by Gasteiger charge is -2.23. The van der Waals surface area contributed by atoms with Crippen LogP contribution in [0.15, 0.2) is 11.2 Å². The van der Waals surface area contributed by atoms with Crippen LogP contribution in [0.5, 0.6) is 0 Å². The predicted octanol–water partition coefficient (Wildman–Crippen LogP) is 1.02. The van der Waals surface area contributed by atoms with Gasteiger partial charge in [0.2, 0.25) is 0 Å². The number of sulfonamides is 1. The molecular weight excluding hydrogens is 276 g/mol. The van der Waals surface area contributed by atoms with E-state index >= 15 is 0 Å². The van der Waals surface area contributed by atoms with Crippen LogP contribution in [0, 0.1) is 6.92 Å². The molecule has 0 amide bonds. The molecule has 0 bridgehead atoms. The molecule has 1 atom stereocenters. The van der Waals surface area contributed by atoms with Gasteiger partial charge in [0, 0.05) is 25.3 Å². The van der Waals surface area contributed by atoms with Gasteiger partial charge in [0.25, 0.3) is 10.0 Å². The van der Waals surface area contributed by atoms with E-state index in [-0.39, 0.29) is 11.1 Å². The second-order valence-corrected chi connectivity index (χ2v) is 7.03. The maximum Gasteiger partial charge on any atom is 0.259 e. The smallest absolute Gasteiger partial charge is 0.259 e. The second kappa shape index (κ2) is 6.69. The van der Waals surface area contributed by atoms with Gasteiger partial charge in [0.1, 0.15) is 5.82 Å². The van der Waals surface area contributed by atoms with Gasteiger partial charge in [-0.2, -0.15) is 0 Å². The Kier molecular flexibility index (Phi) is 5.17. The van der Waals surface area contributed by atoms with Crippen LogP contribution in [0.25, 0.3) is 0 Å². The number of hydrogen-bond donors (Lipinski definition) is 2. The van der Waals surface area contributed by atoms with Crippen molar-refractivity contribution < 1.29 is 8.42 Å². The Morgan fingerprint density at radius 1 is 1.50 bits per heavy atom. The van der Waals surface area contributed by atoms with Crippen LogP contribution in [0.1, 0.15) is 38.4 Å². The molecule has 1 fully saturated rings. The summed E-state index contributed by atoms with van der Waals surface area (Å²) in [5.74, 6) is 0.739. The molecule has 2 N–H and O–H groups in total. The Balaban J connectivity index is 2.00. The van der Waals surface area contributed by atoms with E-state index < -0.39 is 10.0 Å². The number of aromatic nitrogens is 2. The van der Waals surface area contributed by atoms with E-state index in [1.807, 2.05) is 11.5 Å². The van der Waals surface area contributed by atoms with Crippen LogP contribution < -0.4 is 10.0 Å². The van der Waals surface area contributed by atoms with E-state index in [9.17, 15) is 8.42 Å². The van der Waals surface area contributed by atoms with Gasteiger partial charge >= 0.3 is 0 Å². The van der Waals surface area contributed by atoms with Gasteiger partial charge in [-0.15, -0.1) is 0 Å². The Bertz CT molecular complexity index is 533. The van der Waals surface area contributed by atoms with Crippen molar-refractivity contribution in [2.24, 2.45) is 0 Å². The summed E-state index contributed by atoms with van der Waals surface area (Å²) in [7, 11) is -3.50. The maximum atomic E-state index is 12.2. The van der Waals surface area contributed by atoms with E-state index in [1.165, 1.54) is 6.42 Å². The zero-order valence-corrected chi connectivity index (χ0v) is 13.0. The summed E-state index contributed by atoms with van der Waals surface area (Å²) in [6.07, 6.45) is 5.92. The molecule has 0 radical (unpaired) electrons. The van der Waals surface area contributed by atoms with Gasteiger partial charge in [-0.3, -0.25) is 0 Å². The molecule has 1 unspecified atom stereocenters. The largest absolute Gasteiger partial charge is 0.334 e. The van der Waals surface area contributed by atoms with Gasteiger partial charge in [-0.1, -0.05) is 13.3 Å². The molecule has 0 aromatic carbocycles. The van der Waals surface area contributed by atoms with Crippen LogP contribution in [0.4, 0.5) is 0 Å². The highest BCUT2D eigenvalue weighted by Crippen LogP contribution is 2.11. The first-order valence-electron chi connectivity index (χ1n) is 7.29. The summed E-state index contributed by atoms with van der Waals surface area (Å²) in [5.41, 5.74) is 0. The monoisotopic (exact) mass is 300 g/mol. The molecule has 1 aliphatic rings. The van der Waals surface area contributed by atoms with E-state index in [0.29, 0.717) is 6.54 Å². The molecule has 1 saturated heterocycles. The fourth-order valence-corrected chi connectivity index (χ4v) is 3.55. The van der Waals surface area contributed by atoms with Crippen LogP contribution in [-0.4, -0.2) is 37.1 Å². The number of piperidine rings is 1. The van der Waals surface area contributed by atoms with Gasteiger partial charge in [-0.05, 0) is 32.7 Å². The van der Waals surface area contributed by atoms with Crippen molar-refractivity contribution in [2.75, 3.05) is 13.1 Å². The van der Waals surface area contributed by atoms with E-state index in [4.69, 9.17) is 0 Å². The van der Waals surface area contributed by atoms with Crippen LogP contribution in [0.3, 0.4) is 0 Å². The van der Waals surface area contributed by atoms with Gasteiger partial charge in [0.15, 0.2) is 5.03 Å². The Hall–Kier alpha value is -0.920. The highest BCUT2D eigenvalue weighted by Gasteiger charge is 2.21. The topological polar surface area (TPSA) is 76.0 Å². The normalized spacial score (nSPS) is 20.2. The number of imidazole rings is 1. The number of rotatable bonds is 6. The number of hydrogen-bond acceptors (Lipinski definition) is 4. The van der Waals surface area contributed by atoms with E-state index in [2.05, 4.69) is 21.9 Å². The Morgan fingerprint density at radius 3 is 2.95 bits per heavy atom. The Morgan fingerprint density at radius 2 is 2.30 bits per heavy atom. The van der Waals surface area contributed by atoms with Gasteiger partial charge < -0.3 is 9.88 Å². The molecule has 20 heavy (non-hydrogen) atoms. The zero-order chi connectivity index (χ0) is 14.6. The molecule has 1 aliphatic heterocycles. The molecule has 1 aromatic rings. The Labute approximate surface area is 121 Å². The lowest BCUT2D eigenvalue weighted by molar-refractivity contribution is 0.398. The summed E-state index contributed by atoms with van der Waals surface area (Å²) in [6.45, 7) is 6.08. The molecule has 6 nitrogen and oxygen atoms in total. The minimum absolute atomic E-state index is 0.124. The van der Waals surface area contributed by atoms with Crippen LogP contribution in [-0.2, 0) is 16.6 Å². The molecule has 0 spiro atoms. The van der Waals surface area contributed by atoms with Gasteiger partial charge in [-0.25, -0.2) is 18.1 Å². The second-order valence-electron chi connectivity index (χ2n) is 5.32. The first-order valence-corrected chi connectivity index (χ1v) is 8.78. The summed E-state index contributed by atoms with van der Waals surface area (Å²) < 4.78 is 29.0. The number of aryl methyl sites for hydroxylation is 2. The lowest BCUT2D eigenvalue weighted by atomic mass is 10.1. The van der Waals surface area contributed by atoms with Crippen molar-refractivity contribution in [3.05, 3.63) is 12.0 Å². The number of nitrogens with one attached hydrogen (secondary N) is 2. The molecule has 0 aliphatic carbocycles. The molecule has 0 saturated carbocycles. The first kappa shape index (κ1) is 15.5. The average molecular weight is 300 g/mol. The maximum absolute atomic E-state index is 12.2. The molecule has 2 heterocycles. The first-order chi connectivity index (χ1) is 9.53. The van der Waals surface area contributed by atoms with Crippen molar-refractivity contribution in [2.45, 2.75) is 57.1 Å². The third-order valence-electron chi connectivity index (χ3n) is 3.63. The highest BCUT2D eigenvalue weighted by atomic mass is 32.2. The minimum atomic E-state index is -3.50. The summed E-state index contributed by atoms with van der Waals surface area (Å²) in [5, 5.41) is 3.45. The lowest BCUT2D eigenvalue weighted by Crippen LogP contribution is -2.43. The SMILES string of the molecule is CCCn1cc(S(=O)(=O)NCC2CCCCN2)nc1C. The highest BCUT2D eigenvalue weighted by molar-refractivity contribution is 7.89. The fourth-order valence-electron chi connectivity index (χ4n) is 2.46. The van der Waals surface area contributed by atoms with Crippen LogP contribution >= 0.6 is 0 Å². The van der Waals surface area contributed by atoms with Crippen molar-refractivity contribution in [3.63, 3.8) is 0 Å². The quantitative estimate of drug-likeness (QED) is 0.822. The third-order valence-corrected chi connectivity index (χ3v) is 4.92. The molecule has 1 aromatic heterocycles. The fraction of sp³-hybridized carbons (Fsp3) is 0.769. The summed E-state index contributed by atoms with van der Waals surface area (Å²) in [4.78, 5) is 4.16. The number of nitrogens with zero attached hydrogens (tertiary/aromatic N) is 2. The molecule has 114 valence electrons. The van der Waals surface area contributed by atoms with Crippen LogP contribution in [0.2, 0.25) is 0 Å². The van der Waals surface area contributed by atoms with Crippen molar-refractivity contribution in [3.8, 4) is 0 Å². The van der Waals surface area contributed by atoms with Crippen molar-refractivity contribution >= 4 is 10.0 Å². The summed E-state index contributed by atoms with van der Waals surface area (Å²) >= 11 is 0. The van der Waals surface area contributed by atoms with E-state index in [1.54, 1.807) is 6.20 Å². The molecular formula is C13H24N4O2S. The third kappa shape index (κ3) is 3.80. The minimum Gasteiger partial charge on any atom is -0.334 e.